The van der Waals surface area contributed by atoms with E-state index in [1.54, 1.807) is 36.1 Å². The molecule has 0 unspecified atom stereocenters. The third-order valence-corrected chi connectivity index (χ3v) is 5.57. The number of fused-ring (bicyclic) bond motifs is 1. The molecule has 1 atom stereocenters. The van der Waals surface area contributed by atoms with E-state index in [0.717, 1.165) is 10.6 Å². The van der Waals surface area contributed by atoms with Crippen LogP contribution in [-0.4, -0.2) is 59.7 Å². The van der Waals surface area contributed by atoms with Crippen LogP contribution in [0.1, 0.15) is 27.6 Å². The number of carbonyl (C=O) groups is 3. The van der Waals surface area contributed by atoms with Crippen LogP contribution < -0.4 is 4.90 Å². The van der Waals surface area contributed by atoms with Crippen molar-refractivity contribution in [2.45, 2.75) is 13.0 Å². The number of nitrogens with zero attached hydrogens (tertiary/aromatic N) is 3. The number of amides is 3. The van der Waals surface area contributed by atoms with Gasteiger partial charge in [0.2, 0.25) is 5.91 Å². The lowest BCUT2D eigenvalue weighted by atomic mass is 10.1. The van der Waals surface area contributed by atoms with Gasteiger partial charge in [0.1, 0.15) is 6.04 Å². The van der Waals surface area contributed by atoms with Crippen molar-refractivity contribution in [1.82, 2.24) is 9.80 Å². The van der Waals surface area contributed by atoms with Crippen LogP contribution in [0.2, 0.25) is 5.02 Å². The molecule has 4 rings (SSSR count). The molecule has 0 radical (unpaired) electrons. The Morgan fingerprint density at radius 2 is 1.54 bits per heavy atom. The first kappa shape index (κ1) is 18.5. The van der Waals surface area contributed by atoms with Gasteiger partial charge in [0.15, 0.2) is 0 Å². The Kier molecular flexibility index (Phi) is 4.81. The SMILES string of the molecule is C[C@@H](C(=O)N1CCN(c2cccc(Cl)c2)CC1)N1C(=O)c2ccccc2C1=O. The van der Waals surface area contributed by atoms with Crippen LogP contribution in [0, 0.1) is 0 Å². The fraction of sp³-hybridized carbons (Fsp3) is 0.286. The normalized spacial score (nSPS) is 17.7. The van der Waals surface area contributed by atoms with E-state index in [1.807, 2.05) is 24.3 Å². The Morgan fingerprint density at radius 1 is 0.929 bits per heavy atom. The Morgan fingerprint density at radius 3 is 2.11 bits per heavy atom. The highest BCUT2D eigenvalue weighted by Gasteiger charge is 2.42. The van der Waals surface area contributed by atoms with Crippen molar-refractivity contribution in [2.24, 2.45) is 0 Å². The first-order valence-corrected chi connectivity index (χ1v) is 9.61. The number of benzene rings is 2. The van der Waals surface area contributed by atoms with Crippen molar-refractivity contribution in [2.75, 3.05) is 31.1 Å². The molecular weight excluding hydrogens is 378 g/mol. The molecule has 6 nitrogen and oxygen atoms in total. The van der Waals surface area contributed by atoms with Crippen LogP contribution in [0.3, 0.4) is 0 Å². The minimum atomic E-state index is -0.829. The Hall–Kier alpha value is -2.86. The summed E-state index contributed by atoms with van der Waals surface area (Å²) in [7, 11) is 0. The second-order valence-corrected chi connectivity index (χ2v) is 7.43. The first-order chi connectivity index (χ1) is 13.5. The quantitative estimate of drug-likeness (QED) is 0.747. The van der Waals surface area contributed by atoms with Crippen LogP contribution in [0.25, 0.3) is 0 Å². The fourth-order valence-electron chi connectivity index (χ4n) is 3.79. The number of imide groups is 1. The summed E-state index contributed by atoms with van der Waals surface area (Å²) >= 11 is 6.06. The molecule has 2 aliphatic heterocycles. The summed E-state index contributed by atoms with van der Waals surface area (Å²) < 4.78 is 0. The van der Waals surface area contributed by atoms with Crippen LogP contribution in [0.15, 0.2) is 48.5 Å². The van der Waals surface area contributed by atoms with Gasteiger partial charge in [-0.05, 0) is 37.3 Å². The molecule has 0 bridgehead atoms. The lowest BCUT2D eigenvalue weighted by Gasteiger charge is -2.38. The number of anilines is 1. The minimum Gasteiger partial charge on any atom is -0.368 e. The van der Waals surface area contributed by atoms with Crippen molar-refractivity contribution in [3.05, 3.63) is 64.7 Å². The Labute approximate surface area is 168 Å². The second-order valence-electron chi connectivity index (χ2n) is 6.99. The molecule has 0 N–H and O–H groups in total. The maximum Gasteiger partial charge on any atom is 0.262 e. The van der Waals surface area contributed by atoms with Gasteiger partial charge in [-0.15, -0.1) is 0 Å². The lowest BCUT2D eigenvalue weighted by Crippen LogP contribution is -2.55. The number of carbonyl (C=O) groups excluding carboxylic acids is 3. The Balaban J connectivity index is 1.43. The van der Waals surface area contributed by atoms with E-state index >= 15 is 0 Å². The summed E-state index contributed by atoms with van der Waals surface area (Å²) in [6.45, 7) is 4.01. The summed E-state index contributed by atoms with van der Waals surface area (Å²) in [5.74, 6) is -1.02. The zero-order valence-corrected chi connectivity index (χ0v) is 16.2. The average molecular weight is 398 g/mol. The van der Waals surface area contributed by atoms with Crippen LogP contribution in [-0.2, 0) is 4.79 Å². The monoisotopic (exact) mass is 397 g/mol. The third kappa shape index (κ3) is 3.14. The van der Waals surface area contributed by atoms with Gasteiger partial charge in [0, 0.05) is 36.9 Å². The molecule has 28 heavy (non-hydrogen) atoms. The summed E-state index contributed by atoms with van der Waals surface area (Å²) in [6.07, 6.45) is 0. The summed E-state index contributed by atoms with van der Waals surface area (Å²) in [5, 5.41) is 0.676. The van der Waals surface area contributed by atoms with Gasteiger partial charge in [0.25, 0.3) is 11.8 Å². The first-order valence-electron chi connectivity index (χ1n) is 9.23. The molecule has 1 saturated heterocycles. The third-order valence-electron chi connectivity index (χ3n) is 5.33. The highest BCUT2D eigenvalue weighted by molar-refractivity contribution is 6.30. The average Bonchev–Trinajstić information content (AvgIpc) is 2.98. The van der Waals surface area contributed by atoms with E-state index in [2.05, 4.69) is 4.90 Å². The standard InChI is InChI=1S/C21H20ClN3O3/c1-14(25-20(27)17-7-2-3-8-18(17)21(25)28)19(26)24-11-9-23(10-12-24)16-6-4-5-15(22)13-16/h2-8,13-14H,9-12H2,1H3/t14-/m0/s1. The van der Waals surface area contributed by atoms with Gasteiger partial charge in [-0.2, -0.15) is 0 Å². The number of piperazine rings is 1. The summed E-state index contributed by atoms with van der Waals surface area (Å²) in [4.78, 5) is 43.2. The van der Waals surface area contributed by atoms with Crippen molar-refractivity contribution in [1.29, 1.82) is 0 Å². The van der Waals surface area contributed by atoms with Crippen molar-refractivity contribution >= 4 is 35.0 Å². The molecule has 2 aromatic rings. The molecule has 2 aromatic carbocycles. The topological polar surface area (TPSA) is 60.9 Å². The maximum absolute atomic E-state index is 13.0. The van der Waals surface area contributed by atoms with Crippen LogP contribution >= 0.6 is 11.6 Å². The van der Waals surface area contributed by atoms with Crippen LogP contribution in [0.5, 0.6) is 0 Å². The molecule has 7 heteroatoms. The number of halogens is 1. The van der Waals surface area contributed by atoms with Crippen molar-refractivity contribution < 1.29 is 14.4 Å². The maximum atomic E-state index is 13.0. The highest BCUT2D eigenvalue weighted by atomic mass is 35.5. The molecular formula is C21H20ClN3O3. The lowest BCUT2D eigenvalue weighted by molar-refractivity contribution is -0.135. The zero-order valence-electron chi connectivity index (χ0n) is 15.5. The van der Waals surface area contributed by atoms with E-state index in [-0.39, 0.29) is 5.91 Å². The predicted octanol–water partition coefficient (Wildman–Crippen LogP) is 2.67. The van der Waals surface area contributed by atoms with Gasteiger partial charge in [-0.25, -0.2) is 0 Å². The minimum absolute atomic E-state index is 0.208. The number of hydrogen-bond donors (Lipinski definition) is 0. The van der Waals surface area contributed by atoms with E-state index in [0.29, 0.717) is 42.3 Å². The van der Waals surface area contributed by atoms with E-state index in [4.69, 9.17) is 11.6 Å². The van der Waals surface area contributed by atoms with Crippen molar-refractivity contribution in [3.63, 3.8) is 0 Å². The Bertz CT molecular complexity index is 918. The van der Waals surface area contributed by atoms with Crippen LogP contribution in [0.4, 0.5) is 5.69 Å². The van der Waals surface area contributed by atoms with E-state index < -0.39 is 17.9 Å². The van der Waals surface area contributed by atoms with Gasteiger partial charge in [-0.3, -0.25) is 19.3 Å². The van der Waals surface area contributed by atoms with E-state index in [1.165, 1.54) is 0 Å². The molecule has 2 aliphatic rings. The molecule has 0 saturated carbocycles. The number of rotatable bonds is 3. The summed E-state index contributed by atoms with van der Waals surface area (Å²) in [6, 6.07) is 13.5. The van der Waals surface area contributed by atoms with Gasteiger partial charge in [-0.1, -0.05) is 29.8 Å². The molecule has 0 spiro atoms. The molecule has 0 aromatic heterocycles. The number of hydrogen-bond acceptors (Lipinski definition) is 4. The van der Waals surface area contributed by atoms with Gasteiger partial charge >= 0.3 is 0 Å². The smallest absolute Gasteiger partial charge is 0.262 e. The highest BCUT2D eigenvalue weighted by Crippen LogP contribution is 2.26. The molecule has 3 amide bonds. The largest absolute Gasteiger partial charge is 0.368 e. The van der Waals surface area contributed by atoms with Gasteiger partial charge in [0.05, 0.1) is 11.1 Å². The van der Waals surface area contributed by atoms with E-state index in [9.17, 15) is 14.4 Å². The fourth-order valence-corrected chi connectivity index (χ4v) is 3.98. The van der Waals surface area contributed by atoms with Crippen molar-refractivity contribution in [3.8, 4) is 0 Å². The summed E-state index contributed by atoms with van der Waals surface area (Å²) in [5.41, 5.74) is 1.74. The molecule has 0 aliphatic carbocycles. The molecule has 1 fully saturated rings. The molecule has 2 heterocycles. The van der Waals surface area contributed by atoms with Gasteiger partial charge < -0.3 is 9.80 Å². The second kappa shape index (κ2) is 7.28. The molecule has 144 valence electrons. The zero-order chi connectivity index (χ0) is 19.8. The predicted molar refractivity (Wildman–Crippen MR) is 107 cm³/mol.